The Balaban J connectivity index is 1.53. The molecule has 1 aliphatic carbocycles. The number of nitrogens with zero attached hydrogens (tertiary/aromatic N) is 3. The molecule has 4 heteroatoms. The second kappa shape index (κ2) is 8.77. The summed E-state index contributed by atoms with van der Waals surface area (Å²) in [4.78, 5) is 7.30. The Kier molecular flexibility index (Phi) is 5.33. The van der Waals surface area contributed by atoms with Crippen molar-refractivity contribution in [3.8, 4) is 6.07 Å². The number of dihydropyridines is 1. The maximum atomic E-state index is 9.49. The number of rotatable bonds is 3. The molecule has 0 spiro atoms. The first-order valence-electron chi connectivity index (χ1n) is 11.8. The molecule has 3 nitrogen and oxygen atoms in total. The number of aliphatic imine (C=N–C) groups is 1. The van der Waals surface area contributed by atoms with Crippen LogP contribution < -0.4 is 15.3 Å². The summed E-state index contributed by atoms with van der Waals surface area (Å²) in [7, 11) is -1.51. The van der Waals surface area contributed by atoms with Gasteiger partial charge in [-0.05, 0) is 23.4 Å². The predicted octanol–water partition coefficient (Wildman–Crippen LogP) is 5.01. The first-order valence-corrected chi connectivity index (χ1v) is 13.7. The van der Waals surface area contributed by atoms with Crippen molar-refractivity contribution in [2.24, 2.45) is 4.99 Å². The van der Waals surface area contributed by atoms with Gasteiger partial charge in [-0.25, -0.2) is 0 Å². The van der Waals surface area contributed by atoms with E-state index >= 15 is 0 Å². The number of hydrogen-bond acceptors (Lipinski definition) is 3. The van der Waals surface area contributed by atoms with Gasteiger partial charge < -0.3 is 4.90 Å². The first kappa shape index (κ1) is 20.6. The molecule has 4 atom stereocenters. The number of allylic oxidation sites excluding steroid dienone is 3. The van der Waals surface area contributed by atoms with Gasteiger partial charge in [-0.1, -0.05) is 96.2 Å². The van der Waals surface area contributed by atoms with Gasteiger partial charge in [0, 0.05) is 40.7 Å². The van der Waals surface area contributed by atoms with Crippen LogP contribution in [0.2, 0.25) is 5.54 Å². The third-order valence-corrected chi connectivity index (χ3v) is 10.8. The summed E-state index contributed by atoms with van der Waals surface area (Å²) < 4.78 is 0. The summed E-state index contributed by atoms with van der Waals surface area (Å²) in [6, 6.07) is 31.2. The predicted molar refractivity (Wildman–Crippen MR) is 143 cm³/mol. The monoisotopic (exact) mass is 455 g/mol. The lowest BCUT2D eigenvalue weighted by Gasteiger charge is -2.47. The van der Waals surface area contributed by atoms with Crippen molar-refractivity contribution in [1.29, 1.82) is 5.26 Å². The molecule has 34 heavy (non-hydrogen) atoms. The second-order valence-electron chi connectivity index (χ2n) is 9.04. The maximum absolute atomic E-state index is 9.49. The third kappa shape index (κ3) is 3.46. The minimum atomic E-state index is -1.51. The quantitative estimate of drug-likeness (QED) is 0.521. The van der Waals surface area contributed by atoms with Crippen molar-refractivity contribution in [3.05, 3.63) is 120 Å². The van der Waals surface area contributed by atoms with Crippen molar-refractivity contribution in [1.82, 2.24) is 0 Å². The molecule has 2 heterocycles. The summed E-state index contributed by atoms with van der Waals surface area (Å²) in [5, 5.41) is 12.5. The molecule has 164 valence electrons. The van der Waals surface area contributed by atoms with Crippen LogP contribution in [0.1, 0.15) is 18.0 Å². The lowest BCUT2D eigenvalue weighted by atomic mass is 9.94. The van der Waals surface area contributed by atoms with Crippen LogP contribution in [0.5, 0.6) is 0 Å². The molecule has 0 saturated carbocycles. The molecule has 3 aromatic carbocycles. The zero-order valence-corrected chi connectivity index (χ0v) is 20.0. The summed E-state index contributed by atoms with van der Waals surface area (Å²) in [6.45, 7) is 0. The van der Waals surface area contributed by atoms with Crippen LogP contribution >= 0.6 is 0 Å². The van der Waals surface area contributed by atoms with Gasteiger partial charge in [0.05, 0.1) is 18.2 Å². The molecular formula is C30H25N3Si. The maximum Gasteiger partial charge on any atom is 0.114 e. The highest BCUT2D eigenvalue weighted by molar-refractivity contribution is 6.88. The average Bonchev–Trinajstić information content (AvgIpc) is 2.92. The smallest absolute Gasteiger partial charge is 0.114 e. The highest BCUT2D eigenvalue weighted by atomic mass is 28.3. The summed E-state index contributed by atoms with van der Waals surface area (Å²) in [5.41, 5.74) is 4.89. The summed E-state index contributed by atoms with van der Waals surface area (Å²) in [6.07, 6.45) is 13.5. The largest absolute Gasteiger partial charge is 0.334 e. The molecule has 0 N–H and O–H groups in total. The molecular weight excluding hydrogens is 430 g/mol. The van der Waals surface area contributed by atoms with Gasteiger partial charge >= 0.3 is 0 Å². The van der Waals surface area contributed by atoms with Crippen LogP contribution in [0.25, 0.3) is 0 Å². The molecule has 0 fully saturated rings. The zero-order valence-electron chi connectivity index (χ0n) is 18.8. The van der Waals surface area contributed by atoms with E-state index in [0.29, 0.717) is 12.0 Å². The highest BCUT2D eigenvalue weighted by Gasteiger charge is 2.42. The Morgan fingerprint density at radius 2 is 1.59 bits per heavy atom. The van der Waals surface area contributed by atoms with Crippen LogP contribution in [-0.2, 0) is 0 Å². The van der Waals surface area contributed by atoms with Crippen LogP contribution in [0.3, 0.4) is 0 Å². The van der Waals surface area contributed by atoms with E-state index < -0.39 is 8.80 Å². The van der Waals surface area contributed by atoms with E-state index in [1.54, 1.807) is 6.21 Å². The normalized spacial score (nSPS) is 24.7. The zero-order chi connectivity index (χ0) is 22.9. The van der Waals surface area contributed by atoms with E-state index in [-0.39, 0.29) is 12.1 Å². The van der Waals surface area contributed by atoms with Gasteiger partial charge in [0.15, 0.2) is 0 Å². The summed E-state index contributed by atoms with van der Waals surface area (Å²) >= 11 is 0. The van der Waals surface area contributed by atoms with E-state index in [0.717, 1.165) is 5.57 Å². The number of anilines is 2. The molecule has 0 amide bonds. The molecule has 0 saturated heterocycles. The van der Waals surface area contributed by atoms with Crippen molar-refractivity contribution < 1.29 is 0 Å². The number of fused-ring (bicyclic) bond motifs is 2. The van der Waals surface area contributed by atoms with Gasteiger partial charge in [0.2, 0.25) is 0 Å². The van der Waals surface area contributed by atoms with Crippen molar-refractivity contribution in [2.75, 3.05) is 4.90 Å². The van der Waals surface area contributed by atoms with Crippen molar-refractivity contribution >= 4 is 36.8 Å². The Morgan fingerprint density at radius 1 is 0.853 bits per heavy atom. The average molecular weight is 456 g/mol. The van der Waals surface area contributed by atoms with Gasteiger partial charge in [-0.2, -0.15) is 5.26 Å². The fraction of sp³-hybridized carbons (Fsp3) is 0.133. The second-order valence-corrected chi connectivity index (χ2v) is 12.0. The van der Waals surface area contributed by atoms with E-state index in [1.165, 1.54) is 27.3 Å². The van der Waals surface area contributed by atoms with E-state index in [4.69, 9.17) is 4.99 Å². The number of para-hydroxylation sites is 2. The standard InChI is InChI=1S/C30H25N3Si/c31-21-22-18-19-32-25(20-22)24-12-4-5-13-26(24)33-27-14-6-8-16-29(27)34(23-10-2-1-3-11-23)30-17-9-7-15-28(30)33/h1-19,25,27,29,34H,20H2. The van der Waals surface area contributed by atoms with Crippen LogP contribution in [0.15, 0.2) is 120 Å². The van der Waals surface area contributed by atoms with Gasteiger partial charge in [0.1, 0.15) is 8.80 Å². The number of nitriles is 1. The summed E-state index contributed by atoms with van der Waals surface area (Å²) in [5.74, 6) is 0. The fourth-order valence-corrected chi connectivity index (χ4v) is 9.47. The Bertz CT molecular complexity index is 1380. The van der Waals surface area contributed by atoms with Gasteiger partial charge in [0.25, 0.3) is 0 Å². The fourth-order valence-electron chi connectivity index (χ4n) is 5.70. The molecule has 0 bridgehead atoms. The molecule has 3 aliphatic rings. The highest BCUT2D eigenvalue weighted by Crippen LogP contribution is 2.44. The number of benzene rings is 3. The van der Waals surface area contributed by atoms with Crippen LogP contribution in [0, 0.1) is 11.3 Å². The SMILES string of the molecule is N#CC1=CC=NC(c2ccccc2N2c3ccccc3[SiH](c3ccccc3)C3C=CC=CC32)C1. The minimum Gasteiger partial charge on any atom is -0.334 e. The Labute approximate surface area is 202 Å². The Hall–Kier alpha value is -3.94. The van der Waals surface area contributed by atoms with Crippen LogP contribution in [-0.4, -0.2) is 21.1 Å². The van der Waals surface area contributed by atoms with E-state index in [9.17, 15) is 5.26 Å². The van der Waals surface area contributed by atoms with Gasteiger partial charge in [-0.3, -0.25) is 4.99 Å². The molecule has 2 aliphatic heterocycles. The van der Waals surface area contributed by atoms with Crippen molar-refractivity contribution in [3.63, 3.8) is 0 Å². The Morgan fingerprint density at radius 3 is 2.44 bits per heavy atom. The van der Waals surface area contributed by atoms with E-state index in [2.05, 4.69) is 114 Å². The third-order valence-electron chi connectivity index (χ3n) is 7.17. The topological polar surface area (TPSA) is 39.4 Å². The lowest BCUT2D eigenvalue weighted by Crippen LogP contribution is -2.58. The van der Waals surface area contributed by atoms with Crippen LogP contribution in [0.4, 0.5) is 11.4 Å². The molecule has 3 aromatic rings. The molecule has 0 radical (unpaired) electrons. The van der Waals surface area contributed by atoms with Gasteiger partial charge in [-0.15, -0.1) is 0 Å². The first-order chi connectivity index (χ1) is 16.8. The minimum absolute atomic E-state index is 0.0475. The molecule has 6 rings (SSSR count). The lowest BCUT2D eigenvalue weighted by molar-refractivity contribution is 0.708. The van der Waals surface area contributed by atoms with Crippen molar-refractivity contribution in [2.45, 2.75) is 24.0 Å². The molecule has 0 aromatic heterocycles. The van der Waals surface area contributed by atoms with E-state index in [1.807, 2.05) is 6.08 Å². The number of hydrogen-bond donors (Lipinski definition) is 0. The molecule has 4 unspecified atom stereocenters.